The molecule has 4 rings (SSSR count). The maximum Gasteiger partial charge on any atom is 0.263 e. The first-order valence-corrected chi connectivity index (χ1v) is 10.3. The molecule has 2 heterocycles. The summed E-state index contributed by atoms with van der Waals surface area (Å²) in [4.78, 5) is 7.00. The Kier molecular flexibility index (Phi) is 4.07. The van der Waals surface area contributed by atoms with Crippen molar-refractivity contribution >= 4 is 27.0 Å². The number of anilines is 1. The Morgan fingerprint density at radius 3 is 2.69 bits per heavy atom. The summed E-state index contributed by atoms with van der Waals surface area (Å²) in [6.45, 7) is 1.63. The van der Waals surface area contributed by atoms with Gasteiger partial charge in [-0.05, 0) is 42.9 Å². The van der Waals surface area contributed by atoms with Gasteiger partial charge >= 0.3 is 0 Å². The lowest BCUT2D eigenvalue weighted by Gasteiger charge is -2.11. The number of nitrogens with one attached hydrogen (secondary N) is 2. The van der Waals surface area contributed by atoms with Gasteiger partial charge < -0.3 is 4.98 Å². The fourth-order valence-electron chi connectivity index (χ4n) is 2.87. The SMILES string of the molecule is Cc1c(S(=O)(=O)Nc2cc(F)c(C3CC3)cc2F)c[nH]c1-c1nccs1. The molecule has 1 aromatic carbocycles. The summed E-state index contributed by atoms with van der Waals surface area (Å²) < 4.78 is 55.9. The molecule has 9 heteroatoms. The zero-order chi connectivity index (χ0) is 18.5. The van der Waals surface area contributed by atoms with Crippen LogP contribution in [0.25, 0.3) is 10.7 Å². The molecule has 2 N–H and O–H groups in total. The van der Waals surface area contributed by atoms with Gasteiger partial charge in [-0.15, -0.1) is 11.3 Å². The first kappa shape index (κ1) is 17.2. The summed E-state index contributed by atoms with van der Waals surface area (Å²) in [6.07, 6.45) is 4.58. The standard InChI is InChI=1S/C17H15F2N3O2S2/c1-9-15(8-21-16(9)17-20-4-5-25-17)26(23,24)22-14-7-12(18)11(6-13(14)19)10-2-3-10/h4-8,10,21-22H,2-3H2,1H3. The van der Waals surface area contributed by atoms with E-state index in [9.17, 15) is 17.2 Å². The van der Waals surface area contributed by atoms with E-state index in [-0.39, 0.29) is 10.8 Å². The predicted molar refractivity (Wildman–Crippen MR) is 95.8 cm³/mol. The van der Waals surface area contributed by atoms with Crippen molar-refractivity contribution in [3.05, 3.63) is 52.7 Å². The van der Waals surface area contributed by atoms with E-state index in [1.807, 2.05) is 0 Å². The lowest BCUT2D eigenvalue weighted by molar-refractivity contribution is 0.586. The topological polar surface area (TPSA) is 74.8 Å². The molecule has 0 unspecified atom stereocenters. The number of hydrogen-bond donors (Lipinski definition) is 2. The Bertz CT molecular complexity index is 1070. The van der Waals surface area contributed by atoms with Crippen LogP contribution < -0.4 is 4.72 Å². The van der Waals surface area contributed by atoms with Crippen LogP contribution in [0.2, 0.25) is 0 Å². The number of H-pyrrole nitrogens is 1. The molecule has 3 aromatic rings. The van der Waals surface area contributed by atoms with Crippen LogP contribution in [0, 0.1) is 18.6 Å². The number of rotatable bonds is 5. The summed E-state index contributed by atoms with van der Waals surface area (Å²) in [5.41, 5.74) is 0.941. The Hall–Kier alpha value is -2.26. The number of benzene rings is 1. The number of thiazole rings is 1. The molecule has 1 aliphatic rings. The molecule has 2 aromatic heterocycles. The van der Waals surface area contributed by atoms with Gasteiger partial charge in [-0.25, -0.2) is 22.2 Å². The molecule has 26 heavy (non-hydrogen) atoms. The fourth-order valence-corrected chi connectivity index (χ4v) is 4.85. The van der Waals surface area contributed by atoms with Crippen LogP contribution in [-0.2, 0) is 10.0 Å². The highest BCUT2D eigenvalue weighted by Gasteiger charge is 2.29. The van der Waals surface area contributed by atoms with Gasteiger partial charge in [-0.1, -0.05) is 0 Å². The minimum atomic E-state index is -4.08. The molecule has 5 nitrogen and oxygen atoms in total. The Labute approximate surface area is 153 Å². The van der Waals surface area contributed by atoms with Crippen molar-refractivity contribution in [3.63, 3.8) is 0 Å². The lowest BCUT2D eigenvalue weighted by atomic mass is 10.1. The minimum Gasteiger partial charge on any atom is -0.358 e. The number of sulfonamides is 1. The summed E-state index contributed by atoms with van der Waals surface area (Å²) >= 11 is 1.37. The van der Waals surface area contributed by atoms with Crippen molar-refractivity contribution in [1.82, 2.24) is 9.97 Å². The van der Waals surface area contributed by atoms with Crippen LogP contribution in [0.5, 0.6) is 0 Å². The average molecular weight is 395 g/mol. The third-order valence-corrected chi connectivity index (χ3v) is 6.66. The molecule has 136 valence electrons. The van der Waals surface area contributed by atoms with Gasteiger partial charge in [-0.3, -0.25) is 4.72 Å². The summed E-state index contributed by atoms with van der Waals surface area (Å²) in [5, 5.41) is 2.43. The van der Waals surface area contributed by atoms with E-state index in [0.29, 0.717) is 21.8 Å². The molecule has 0 radical (unpaired) electrons. The van der Waals surface area contributed by atoms with E-state index in [1.165, 1.54) is 17.5 Å². The highest BCUT2D eigenvalue weighted by molar-refractivity contribution is 7.92. The maximum atomic E-state index is 14.3. The molecule has 0 saturated heterocycles. The van der Waals surface area contributed by atoms with Crippen LogP contribution in [0.4, 0.5) is 14.5 Å². The third kappa shape index (κ3) is 3.01. The molecule has 1 aliphatic carbocycles. The average Bonchev–Trinajstić information content (AvgIpc) is 3.12. The van der Waals surface area contributed by atoms with Gasteiger partial charge in [0.15, 0.2) is 0 Å². The first-order chi connectivity index (χ1) is 12.4. The van der Waals surface area contributed by atoms with Gasteiger partial charge in [0.25, 0.3) is 10.0 Å². The normalized spacial score (nSPS) is 14.6. The molecule has 1 fully saturated rings. The summed E-state index contributed by atoms with van der Waals surface area (Å²) in [5.74, 6) is -1.35. The van der Waals surface area contributed by atoms with Crippen molar-refractivity contribution in [3.8, 4) is 10.7 Å². The van der Waals surface area contributed by atoms with Crippen molar-refractivity contribution in [1.29, 1.82) is 0 Å². The Balaban J connectivity index is 1.67. The largest absolute Gasteiger partial charge is 0.358 e. The van der Waals surface area contributed by atoms with E-state index in [2.05, 4.69) is 14.7 Å². The highest BCUT2D eigenvalue weighted by Crippen LogP contribution is 2.42. The van der Waals surface area contributed by atoms with E-state index < -0.39 is 27.3 Å². The van der Waals surface area contributed by atoms with E-state index in [1.54, 1.807) is 18.5 Å². The fraction of sp³-hybridized carbons (Fsp3) is 0.235. The van der Waals surface area contributed by atoms with Crippen LogP contribution in [0.3, 0.4) is 0 Å². The zero-order valence-corrected chi connectivity index (χ0v) is 15.3. The smallest absolute Gasteiger partial charge is 0.263 e. The van der Waals surface area contributed by atoms with Gasteiger partial charge in [0.05, 0.1) is 11.4 Å². The molecule has 0 spiro atoms. The zero-order valence-electron chi connectivity index (χ0n) is 13.7. The molecule has 1 saturated carbocycles. The van der Waals surface area contributed by atoms with Gasteiger partial charge in [-0.2, -0.15) is 0 Å². The second-order valence-electron chi connectivity index (χ2n) is 6.22. The second-order valence-corrected chi connectivity index (χ2v) is 8.77. The van der Waals surface area contributed by atoms with Gasteiger partial charge in [0.1, 0.15) is 21.5 Å². The van der Waals surface area contributed by atoms with Crippen molar-refractivity contribution in [2.45, 2.75) is 30.6 Å². The Morgan fingerprint density at radius 2 is 2.04 bits per heavy atom. The highest BCUT2D eigenvalue weighted by atomic mass is 32.2. The molecular formula is C17H15F2N3O2S2. The Morgan fingerprint density at radius 1 is 1.27 bits per heavy atom. The van der Waals surface area contributed by atoms with Crippen molar-refractivity contribution in [2.24, 2.45) is 0 Å². The van der Waals surface area contributed by atoms with Crippen LogP contribution in [0.15, 0.2) is 34.8 Å². The van der Waals surface area contributed by atoms with E-state index in [4.69, 9.17) is 0 Å². The van der Waals surface area contributed by atoms with Gasteiger partial charge in [0.2, 0.25) is 0 Å². The van der Waals surface area contributed by atoms with Crippen molar-refractivity contribution < 1.29 is 17.2 Å². The monoisotopic (exact) mass is 395 g/mol. The summed E-state index contributed by atoms with van der Waals surface area (Å²) in [7, 11) is -4.08. The second kappa shape index (κ2) is 6.17. The number of hydrogen-bond acceptors (Lipinski definition) is 4. The number of nitrogens with zero attached hydrogens (tertiary/aromatic N) is 1. The van der Waals surface area contributed by atoms with E-state index >= 15 is 0 Å². The minimum absolute atomic E-state index is 0.0305. The predicted octanol–water partition coefficient (Wildman–Crippen LogP) is 4.40. The molecule has 0 amide bonds. The third-order valence-electron chi connectivity index (χ3n) is 4.38. The molecular weight excluding hydrogens is 380 g/mol. The van der Waals surface area contributed by atoms with E-state index in [0.717, 1.165) is 25.0 Å². The molecule has 0 atom stereocenters. The molecule has 0 aliphatic heterocycles. The van der Waals surface area contributed by atoms with Crippen LogP contribution >= 0.6 is 11.3 Å². The lowest BCUT2D eigenvalue weighted by Crippen LogP contribution is -2.15. The summed E-state index contributed by atoms with van der Waals surface area (Å²) in [6, 6.07) is 1.99. The number of halogens is 2. The van der Waals surface area contributed by atoms with Crippen molar-refractivity contribution in [2.75, 3.05) is 4.72 Å². The quantitative estimate of drug-likeness (QED) is 0.672. The first-order valence-electron chi connectivity index (χ1n) is 7.96. The maximum absolute atomic E-state index is 14.3. The van der Waals surface area contributed by atoms with Gasteiger partial charge in [0, 0.05) is 23.8 Å². The molecule has 0 bridgehead atoms. The number of aromatic nitrogens is 2. The van der Waals surface area contributed by atoms with Crippen LogP contribution in [-0.4, -0.2) is 18.4 Å². The van der Waals surface area contributed by atoms with Crippen LogP contribution in [0.1, 0.15) is 29.9 Å². The number of aromatic amines is 1.